The Labute approximate surface area is 220 Å². The second kappa shape index (κ2) is 12.1. The molecule has 0 radical (unpaired) electrons. The maximum absolute atomic E-state index is 13.0. The Kier molecular flexibility index (Phi) is 9.19. The van der Waals surface area contributed by atoms with Crippen molar-refractivity contribution in [2.45, 2.75) is 19.1 Å². The van der Waals surface area contributed by atoms with E-state index in [0.717, 1.165) is 12.1 Å². The minimum absolute atomic E-state index is 0. The van der Waals surface area contributed by atoms with Crippen LogP contribution in [0.1, 0.15) is 12.0 Å². The van der Waals surface area contributed by atoms with Crippen molar-refractivity contribution in [3.63, 3.8) is 0 Å². The van der Waals surface area contributed by atoms with Gasteiger partial charge in [-0.15, -0.1) is 12.4 Å². The monoisotopic (exact) mass is 555 g/mol. The number of hydrogen-bond acceptors (Lipinski definition) is 6. The number of fused-ring (bicyclic) bond motifs is 1. The molecule has 4 aromatic rings. The maximum atomic E-state index is 13.0. The molecule has 0 saturated heterocycles. The molecule has 2 heterocycles. The number of nitrogens with one attached hydrogen (secondary N) is 2. The Bertz CT molecular complexity index is 1380. The fourth-order valence-corrected chi connectivity index (χ4v) is 3.70. The second-order valence-corrected chi connectivity index (χ2v) is 8.09. The van der Waals surface area contributed by atoms with Gasteiger partial charge in [0, 0.05) is 31.4 Å². The lowest BCUT2D eigenvalue weighted by atomic mass is 10.2. The Morgan fingerprint density at radius 2 is 1.95 bits per heavy atom. The van der Waals surface area contributed by atoms with Crippen LogP contribution in [0.4, 0.5) is 24.7 Å². The van der Waals surface area contributed by atoms with Crippen LogP contribution >= 0.6 is 24.0 Å². The molecule has 3 N–H and O–H groups in total. The molecule has 0 bridgehead atoms. The minimum atomic E-state index is -4.48. The molecule has 0 spiro atoms. The number of halogens is 5. The average Bonchev–Trinajstić information content (AvgIpc) is 3.25. The van der Waals surface area contributed by atoms with Crippen LogP contribution in [-0.2, 0) is 17.5 Å². The fraction of sp³-hybridized carbons (Fsp3) is 0.208. The van der Waals surface area contributed by atoms with E-state index >= 15 is 0 Å². The van der Waals surface area contributed by atoms with E-state index in [2.05, 4.69) is 20.6 Å². The number of aromatic nitrogens is 3. The van der Waals surface area contributed by atoms with Crippen molar-refractivity contribution in [1.82, 2.24) is 19.9 Å². The molecule has 0 saturated carbocycles. The first-order valence-electron chi connectivity index (χ1n) is 10.8. The topological polar surface area (TPSA) is 101 Å². The molecule has 196 valence electrons. The number of nitrogens with zero attached hydrogens (tertiary/aromatic N) is 3. The van der Waals surface area contributed by atoms with Crippen molar-refractivity contribution in [3.8, 4) is 11.5 Å². The Morgan fingerprint density at radius 1 is 1.14 bits per heavy atom. The average molecular weight is 556 g/mol. The summed E-state index contributed by atoms with van der Waals surface area (Å²) in [6, 6.07) is 11.1. The summed E-state index contributed by atoms with van der Waals surface area (Å²) in [4.78, 5) is 20.2. The van der Waals surface area contributed by atoms with Gasteiger partial charge in [-0.2, -0.15) is 13.2 Å². The summed E-state index contributed by atoms with van der Waals surface area (Å²) >= 11 is 6.34. The van der Waals surface area contributed by atoms with Gasteiger partial charge in [-0.1, -0.05) is 17.7 Å². The van der Waals surface area contributed by atoms with Crippen LogP contribution in [0, 0.1) is 0 Å². The van der Waals surface area contributed by atoms with E-state index in [4.69, 9.17) is 21.4 Å². The van der Waals surface area contributed by atoms with Crippen molar-refractivity contribution in [3.05, 3.63) is 71.6 Å². The number of amides is 1. The number of ether oxygens (including phenoxy) is 1. The van der Waals surface area contributed by atoms with Gasteiger partial charge in [0.2, 0.25) is 5.91 Å². The summed E-state index contributed by atoms with van der Waals surface area (Å²) in [5.74, 6) is 0.449. The molecule has 1 amide bonds. The van der Waals surface area contributed by atoms with Crippen molar-refractivity contribution in [2.24, 2.45) is 0 Å². The molecule has 0 unspecified atom stereocenters. The zero-order chi connectivity index (χ0) is 25.7. The number of benzene rings is 2. The number of rotatable bonds is 9. The molecule has 0 aliphatic heterocycles. The third-order valence-electron chi connectivity index (χ3n) is 5.15. The van der Waals surface area contributed by atoms with Gasteiger partial charge in [0.15, 0.2) is 5.82 Å². The molecule has 2 aromatic carbocycles. The molecule has 8 nitrogen and oxygen atoms in total. The first-order chi connectivity index (χ1) is 17.2. The summed E-state index contributed by atoms with van der Waals surface area (Å²) in [5.41, 5.74) is 1.14. The van der Waals surface area contributed by atoms with Crippen molar-refractivity contribution in [1.29, 1.82) is 0 Å². The Hall–Kier alpha value is -3.54. The lowest BCUT2D eigenvalue weighted by Gasteiger charge is -2.13. The summed E-state index contributed by atoms with van der Waals surface area (Å²) in [7, 11) is 0. The standard InChI is InChI=1S/C24H21ClF3N5O3.ClH/c25-18-13-16(4-5-20(18)36-17-3-1-2-15(12-17)24(26,27)28)32-23-22-19(30-14-31-23)6-9-33(22)10-8-29-21(35)7-11-34;/h1-6,9,12-14,34H,7-8,10-11H2,(H,29,35)(H,30,31,32);1H. The molecule has 13 heteroatoms. The summed E-state index contributed by atoms with van der Waals surface area (Å²) < 4.78 is 46.4. The summed E-state index contributed by atoms with van der Waals surface area (Å²) in [6.07, 6.45) is -1.22. The zero-order valence-electron chi connectivity index (χ0n) is 19.1. The van der Waals surface area contributed by atoms with E-state index in [0.29, 0.717) is 35.6 Å². The second-order valence-electron chi connectivity index (χ2n) is 7.69. The van der Waals surface area contributed by atoms with Gasteiger partial charge in [-0.3, -0.25) is 4.79 Å². The first-order valence-corrected chi connectivity index (χ1v) is 11.2. The molecule has 0 aliphatic rings. The number of carbonyl (C=O) groups is 1. The lowest BCUT2D eigenvalue weighted by Crippen LogP contribution is -2.27. The third kappa shape index (κ3) is 7.03. The van der Waals surface area contributed by atoms with E-state index in [9.17, 15) is 18.0 Å². The molecular weight excluding hydrogens is 534 g/mol. The normalized spacial score (nSPS) is 11.2. The van der Waals surface area contributed by atoms with Crippen LogP contribution in [0.5, 0.6) is 11.5 Å². The van der Waals surface area contributed by atoms with Crippen LogP contribution in [0.2, 0.25) is 5.02 Å². The largest absolute Gasteiger partial charge is 0.456 e. The number of alkyl halides is 3. The third-order valence-corrected chi connectivity index (χ3v) is 5.44. The van der Waals surface area contributed by atoms with Gasteiger partial charge in [-0.25, -0.2) is 9.97 Å². The van der Waals surface area contributed by atoms with Gasteiger partial charge in [-0.05, 0) is 42.5 Å². The maximum Gasteiger partial charge on any atom is 0.416 e. The highest BCUT2D eigenvalue weighted by molar-refractivity contribution is 6.32. The van der Waals surface area contributed by atoms with Gasteiger partial charge in [0.25, 0.3) is 0 Å². The van der Waals surface area contributed by atoms with Gasteiger partial charge < -0.3 is 25.0 Å². The van der Waals surface area contributed by atoms with E-state index in [-0.39, 0.29) is 47.9 Å². The van der Waals surface area contributed by atoms with Crippen molar-refractivity contribution < 1.29 is 27.8 Å². The van der Waals surface area contributed by atoms with Crippen LogP contribution in [0.25, 0.3) is 11.0 Å². The number of hydrogen-bond donors (Lipinski definition) is 3. The predicted octanol–water partition coefficient (Wildman–Crippen LogP) is 5.56. The van der Waals surface area contributed by atoms with E-state index in [1.54, 1.807) is 18.2 Å². The predicted molar refractivity (Wildman–Crippen MR) is 136 cm³/mol. The van der Waals surface area contributed by atoms with Gasteiger partial charge in [0.1, 0.15) is 23.3 Å². The highest BCUT2D eigenvalue weighted by Gasteiger charge is 2.30. The number of aliphatic hydroxyl groups is 1. The van der Waals surface area contributed by atoms with E-state index in [1.165, 1.54) is 18.5 Å². The van der Waals surface area contributed by atoms with Crippen LogP contribution < -0.4 is 15.4 Å². The zero-order valence-corrected chi connectivity index (χ0v) is 20.7. The van der Waals surface area contributed by atoms with Crippen molar-refractivity contribution >= 4 is 52.5 Å². The minimum Gasteiger partial charge on any atom is -0.456 e. The van der Waals surface area contributed by atoms with Crippen LogP contribution in [0.15, 0.2) is 61.1 Å². The Morgan fingerprint density at radius 3 is 2.68 bits per heavy atom. The molecular formula is C24H22Cl2F3N5O3. The number of anilines is 2. The van der Waals surface area contributed by atoms with Gasteiger partial charge >= 0.3 is 6.18 Å². The molecule has 0 atom stereocenters. The molecule has 4 rings (SSSR count). The molecule has 2 aromatic heterocycles. The highest BCUT2D eigenvalue weighted by Crippen LogP contribution is 2.36. The summed E-state index contributed by atoms with van der Waals surface area (Å²) in [6.45, 7) is 0.587. The first kappa shape index (κ1) is 28.0. The van der Waals surface area contributed by atoms with Gasteiger partial charge in [0.05, 0.1) is 22.7 Å². The fourth-order valence-electron chi connectivity index (χ4n) is 3.48. The number of carbonyl (C=O) groups excluding carboxylic acids is 1. The van der Waals surface area contributed by atoms with Crippen LogP contribution in [0.3, 0.4) is 0 Å². The Balaban J connectivity index is 0.00000380. The lowest BCUT2D eigenvalue weighted by molar-refractivity contribution is -0.137. The molecule has 0 aliphatic carbocycles. The number of aliphatic hydroxyl groups excluding tert-OH is 1. The highest BCUT2D eigenvalue weighted by atomic mass is 35.5. The molecule has 37 heavy (non-hydrogen) atoms. The van der Waals surface area contributed by atoms with E-state index in [1.807, 2.05) is 16.8 Å². The van der Waals surface area contributed by atoms with Crippen molar-refractivity contribution in [2.75, 3.05) is 18.5 Å². The molecule has 0 fully saturated rings. The quantitative estimate of drug-likeness (QED) is 0.250. The SMILES string of the molecule is Cl.O=C(CCO)NCCn1ccc2ncnc(Nc3ccc(Oc4cccc(C(F)(F)F)c4)c(Cl)c3)c21. The van der Waals surface area contributed by atoms with E-state index < -0.39 is 11.7 Å². The smallest absolute Gasteiger partial charge is 0.416 e. The summed E-state index contributed by atoms with van der Waals surface area (Å²) in [5, 5.41) is 14.9. The van der Waals surface area contributed by atoms with Crippen LogP contribution in [-0.4, -0.2) is 38.7 Å².